The largest absolute Gasteiger partial charge is 0.382 e. The Balaban J connectivity index is 2.22. The summed E-state index contributed by atoms with van der Waals surface area (Å²) in [6.45, 7) is 2.32. The number of rotatable bonds is 7. The van der Waals surface area contributed by atoms with E-state index in [9.17, 15) is 0 Å². The third kappa shape index (κ3) is 3.87. The standard InChI is InChI=1S/C9H16N2O3/c1-10-6-8-5-9(14-11-8)7-13-4-3-12-2/h5,10H,3-4,6-7H2,1-2H3. The molecule has 0 unspecified atom stereocenters. The predicted molar refractivity (Wildman–Crippen MR) is 50.8 cm³/mol. The summed E-state index contributed by atoms with van der Waals surface area (Å²) in [7, 11) is 3.51. The highest BCUT2D eigenvalue weighted by Crippen LogP contribution is 2.04. The van der Waals surface area contributed by atoms with E-state index >= 15 is 0 Å². The van der Waals surface area contributed by atoms with Gasteiger partial charge in [-0.25, -0.2) is 0 Å². The molecule has 0 aliphatic carbocycles. The van der Waals surface area contributed by atoms with Crippen molar-refractivity contribution in [1.29, 1.82) is 0 Å². The highest BCUT2D eigenvalue weighted by atomic mass is 16.5. The molecule has 1 aromatic rings. The van der Waals surface area contributed by atoms with Crippen molar-refractivity contribution in [3.63, 3.8) is 0 Å². The summed E-state index contributed by atoms with van der Waals surface area (Å²) in [5.41, 5.74) is 0.887. The zero-order valence-corrected chi connectivity index (χ0v) is 8.58. The molecule has 0 aliphatic heterocycles. The molecule has 1 aromatic heterocycles. The maximum Gasteiger partial charge on any atom is 0.162 e. The molecule has 1 heterocycles. The fourth-order valence-corrected chi connectivity index (χ4v) is 1.00. The fraction of sp³-hybridized carbons (Fsp3) is 0.667. The van der Waals surface area contributed by atoms with E-state index in [4.69, 9.17) is 14.0 Å². The minimum absolute atomic E-state index is 0.445. The van der Waals surface area contributed by atoms with Gasteiger partial charge in [-0.1, -0.05) is 5.16 Å². The van der Waals surface area contributed by atoms with Crippen molar-refractivity contribution < 1.29 is 14.0 Å². The number of methoxy groups -OCH3 is 1. The Kier molecular flexibility index (Phi) is 5.21. The Morgan fingerprint density at radius 1 is 1.50 bits per heavy atom. The van der Waals surface area contributed by atoms with Crippen LogP contribution >= 0.6 is 0 Å². The van der Waals surface area contributed by atoms with E-state index in [2.05, 4.69) is 10.5 Å². The summed E-state index contributed by atoms with van der Waals surface area (Å²) in [4.78, 5) is 0. The maximum atomic E-state index is 5.27. The molecule has 0 aromatic carbocycles. The summed E-state index contributed by atoms with van der Waals surface area (Å²) in [6, 6.07) is 1.88. The molecule has 1 rings (SSSR count). The van der Waals surface area contributed by atoms with Crippen molar-refractivity contribution in [2.45, 2.75) is 13.2 Å². The molecule has 1 N–H and O–H groups in total. The van der Waals surface area contributed by atoms with Gasteiger partial charge in [0, 0.05) is 19.7 Å². The number of ether oxygens (including phenoxy) is 2. The predicted octanol–water partition coefficient (Wildman–Crippen LogP) is 0.557. The van der Waals surface area contributed by atoms with Gasteiger partial charge in [-0.2, -0.15) is 0 Å². The zero-order chi connectivity index (χ0) is 10.2. The number of nitrogens with zero attached hydrogens (tertiary/aromatic N) is 1. The molecule has 5 nitrogen and oxygen atoms in total. The van der Waals surface area contributed by atoms with E-state index < -0.39 is 0 Å². The normalized spacial score (nSPS) is 10.7. The summed E-state index contributed by atoms with van der Waals surface area (Å²) in [5.74, 6) is 0.742. The van der Waals surface area contributed by atoms with Crippen molar-refractivity contribution in [2.75, 3.05) is 27.4 Å². The molecule has 0 saturated carbocycles. The highest BCUT2D eigenvalue weighted by Gasteiger charge is 2.02. The SMILES string of the molecule is CNCc1cc(COCCOC)on1. The second-order valence-corrected chi connectivity index (χ2v) is 2.86. The molecule has 5 heteroatoms. The van der Waals surface area contributed by atoms with Crippen LogP contribution in [0.2, 0.25) is 0 Å². The third-order valence-electron chi connectivity index (χ3n) is 1.64. The molecule has 0 amide bonds. The summed E-state index contributed by atoms with van der Waals surface area (Å²) >= 11 is 0. The van der Waals surface area contributed by atoms with E-state index in [1.54, 1.807) is 7.11 Å². The lowest BCUT2D eigenvalue weighted by Gasteiger charge is -1.98. The van der Waals surface area contributed by atoms with E-state index in [0.29, 0.717) is 26.4 Å². The van der Waals surface area contributed by atoms with E-state index in [0.717, 1.165) is 11.5 Å². The van der Waals surface area contributed by atoms with Crippen LogP contribution in [0.15, 0.2) is 10.6 Å². The van der Waals surface area contributed by atoms with Crippen LogP contribution < -0.4 is 5.32 Å². The van der Waals surface area contributed by atoms with Gasteiger partial charge in [0.1, 0.15) is 6.61 Å². The quantitative estimate of drug-likeness (QED) is 0.652. The van der Waals surface area contributed by atoms with Crippen LogP contribution in [-0.2, 0) is 22.6 Å². The average Bonchev–Trinajstić information content (AvgIpc) is 2.61. The lowest BCUT2D eigenvalue weighted by atomic mass is 10.4. The van der Waals surface area contributed by atoms with Gasteiger partial charge in [0.25, 0.3) is 0 Å². The van der Waals surface area contributed by atoms with Crippen molar-refractivity contribution in [2.24, 2.45) is 0 Å². The van der Waals surface area contributed by atoms with Crippen molar-refractivity contribution in [1.82, 2.24) is 10.5 Å². The first kappa shape index (κ1) is 11.2. The van der Waals surface area contributed by atoms with Crippen LogP contribution in [0.5, 0.6) is 0 Å². The van der Waals surface area contributed by atoms with Crippen LogP contribution in [0.1, 0.15) is 11.5 Å². The Labute approximate surface area is 83.4 Å². The van der Waals surface area contributed by atoms with Crippen LogP contribution in [0.3, 0.4) is 0 Å². The lowest BCUT2D eigenvalue weighted by Crippen LogP contribution is -2.04. The van der Waals surface area contributed by atoms with Gasteiger partial charge in [0.2, 0.25) is 0 Å². The topological polar surface area (TPSA) is 56.5 Å². The molecule has 0 bridgehead atoms. The number of hydrogen-bond acceptors (Lipinski definition) is 5. The van der Waals surface area contributed by atoms with Crippen LogP contribution in [0.4, 0.5) is 0 Å². The summed E-state index contributed by atoms with van der Waals surface area (Å²) < 4.78 is 15.2. The van der Waals surface area contributed by atoms with E-state index in [1.807, 2.05) is 13.1 Å². The van der Waals surface area contributed by atoms with Crippen molar-refractivity contribution in [3.05, 3.63) is 17.5 Å². The van der Waals surface area contributed by atoms with Crippen LogP contribution in [-0.4, -0.2) is 32.5 Å². The second-order valence-electron chi connectivity index (χ2n) is 2.86. The first-order valence-electron chi connectivity index (χ1n) is 4.52. The third-order valence-corrected chi connectivity index (χ3v) is 1.64. The minimum atomic E-state index is 0.445. The smallest absolute Gasteiger partial charge is 0.162 e. The molecule has 0 fully saturated rings. The maximum absolute atomic E-state index is 5.27. The molecular weight excluding hydrogens is 184 g/mol. The first-order valence-corrected chi connectivity index (χ1v) is 4.52. The van der Waals surface area contributed by atoms with E-state index in [-0.39, 0.29) is 0 Å². The van der Waals surface area contributed by atoms with Gasteiger partial charge >= 0.3 is 0 Å². The van der Waals surface area contributed by atoms with Gasteiger partial charge in [0.05, 0.1) is 18.9 Å². The molecule has 0 atom stereocenters. The van der Waals surface area contributed by atoms with Gasteiger partial charge in [-0.3, -0.25) is 0 Å². The minimum Gasteiger partial charge on any atom is -0.382 e. The fourth-order valence-electron chi connectivity index (χ4n) is 1.00. The summed E-state index contributed by atoms with van der Waals surface area (Å²) in [5, 5.41) is 6.85. The molecular formula is C9H16N2O3. The Hall–Kier alpha value is -0.910. The second kappa shape index (κ2) is 6.53. The molecule has 14 heavy (non-hydrogen) atoms. The van der Waals surface area contributed by atoms with Crippen molar-refractivity contribution >= 4 is 0 Å². The molecule has 0 radical (unpaired) electrons. The van der Waals surface area contributed by atoms with Crippen LogP contribution in [0, 0.1) is 0 Å². The molecule has 0 aliphatic rings. The number of nitrogens with one attached hydrogen (secondary N) is 1. The van der Waals surface area contributed by atoms with Gasteiger partial charge in [-0.05, 0) is 7.05 Å². The first-order chi connectivity index (χ1) is 6.86. The Morgan fingerprint density at radius 3 is 3.07 bits per heavy atom. The Morgan fingerprint density at radius 2 is 2.36 bits per heavy atom. The van der Waals surface area contributed by atoms with Crippen molar-refractivity contribution in [3.8, 4) is 0 Å². The highest BCUT2D eigenvalue weighted by molar-refractivity contribution is 5.03. The Bertz CT molecular complexity index is 250. The monoisotopic (exact) mass is 200 g/mol. The lowest BCUT2D eigenvalue weighted by molar-refractivity contribution is 0.0514. The average molecular weight is 200 g/mol. The molecule has 0 spiro atoms. The number of aromatic nitrogens is 1. The summed E-state index contributed by atoms with van der Waals surface area (Å²) in [6.07, 6.45) is 0. The van der Waals surface area contributed by atoms with Gasteiger partial charge < -0.3 is 19.3 Å². The van der Waals surface area contributed by atoms with Gasteiger partial charge in [-0.15, -0.1) is 0 Å². The molecule has 80 valence electrons. The zero-order valence-electron chi connectivity index (χ0n) is 8.58. The van der Waals surface area contributed by atoms with Gasteiger partial charge in [0.15, 0.2) is 5.76 Å². The number of hydrogen-bond donors (Lipinski definition) is 1. The van der Waals surface area contributed by atoms with Crippen LogP contribution in [0.25, 0.3) is 0 Å². The van der Waals surface area contributed by atoms with E-state index in [1.165, 1.54) is 0 Å². The molecule has 0 saturated heterocycles.